The number of hydrogen-bond acceptors (Lipinski definition) is 6. The number of nitrogens with zero attached hydrogens (tertiary/aromatic N) is 1. The van der Waals surface area contributed by atoms with Crippen LogP contribution in [0.25, 0.3) is 0 Å². The summed E-state index contributed by atoms with van der Waals surface area (Å²) in [6, 6.07) is 20.0. The fourth-order valence-corrected chi connectivity index (χ4v) is 2.94. The summed E-state index contributed by atoms with van der Waals surface area (Å²) in [5.74, 6) is -1.29. The molecular formula is C23H18BrN3O5. The van der Waals surface area contributed by atoms with E-state index < -0.39 is 17.8 Å². The highest BCUT2D eigenvalue weighted by Crippen LogP contribution is 2.19. The summed E-state index contributed by atoms with van der Waals surface area (Å²) in [6.45, 7) is 0. The highest BCUT2D eigenvalue weighted by Gasteiger charge is 2.13. The summed E-state index contributed by atoms with van der Waals surface area (Å²) in [5, 5.41) is 6.21. The Morgan fingerprint density at radius 3 is 2.19 bits per heavy atom. The van der Waals surface area contributed by atoms with Gasteiger partial charge in [-0.05, 0) is 82.2 Å². The molecule has 0 saturated carbocycles. The van der Waals surface area contributed by atoms with Crippen LogP contribution in [0.4, 0.5) is 5.69 Å². The molecule has 0 aliphatic heterocycles. The minimum absolute atomic E-state index is 0.353. The van der Waals surface area contributed by atoms with Gasteiger partial charge in [-0.2, -0.15) is 5.10 Å². The van der Waals surface area contributed by atoms with Gasteiger partial charge < -0.3 is 14.8 Å². The highest BCUT2D eigenvalue weighted by atomic mass is 79.9. The fourth-order valence-electron chi connectivity index (χ4n) is 2.49. The Morgan fingerprint density at radius 2 is 1.53 bits per heavy atom. The van der Waals surface area contributed by atoms with Gasteiger partial charge in [0.05, 0.1) is 18.9 Å². The fraction of sp³-hybridized carbons (Fsp3) is 0.0435. The summed E-state index contributed by atoms with van der Waals surface area (Å²) in [4.78, 5) is 36.0. The van der Waals surface area contributed by atoms with Crippen LogP contribution in [0.5, 0.6) is 11.5 Å². The second kappa shape index (κ2) is 10.9. The molecule has 0 aliphatic carbocycles. The number of methoxy groups -OCH3 is 1. The number of benzene rings is 3. The Balaban J connectivity index is 1.50. The van der Waals surface area contributed by atoms with Gasteiger partial charge in [0.15, 0.2) is 0 Å². The van der Waals surface area contributed by atoms with Crippen molar-refractivity contribution in [3.8, 4) is 11.5 Å². The molecule has 32 heavy (non-hydrogen) atoms. The van der Waals surface area contributed by atoms with Crippen molar-refractivity contribution in [1.29, 1.82) is 0 Å². The van der Waals surface area contributed by atoms with E-state index in [1.54, 1.807) is 72.8 Å². The maximum absolute atomic E-state index is 12.2. The molecule has 0 atom stereocenters. The molecule has 162 valence electrons. The van der Waals surface area contributed by atoms with Crippen molar-refractivity contribution in [3.63, 3.8) is 0 Å². The molecule has 8 nitrogen and oxygen atoms in total. The minimum atomic E-state index is -0.920. The van der Waals surface area contributed by atoms with Gasteiger partial charge >= 0.3 is 17.8 Å². The second-order valence-corrected chi connectivity index (χ2v) is 7.17. The normalized spacial score (nSPS) is 10.4. The zero-order chi connectivity index (χ0) is 22.9. The molecule has 0 bridgehead atoms. The van der Waals surface area contributed by atoms with Gasteiger partial charge in [0.1, 0.15) is 11.5 Å². The van der Waals surface area contributed by atoms with Crippen molar-refractivity contribution in [3.05, 3.63) is 88.4 Å². The predicted octanol–water partition coefficient (Wildman–Crippen LogP) is 3.77. The summed E-state index contributed by atoms with van der Waals surface area (Å²) in [5.41, 5.74) is 3.64. The quantitative estimate of drug-likeness (QED) is 0.178. The van der Waals surface area contributed by atoms with Crippen molar-refractivity contribution >= 4 is 45.6 Å². The molecule has 0 saturated heterocycles. The average molecular weight is 496 g/mol. The van der Waals surface area contributed by atoms with E-state index in [2.05, 4.69) is 31.8 Å². The van der Waals surface area contributed by atoms with Crippen LogP contribution in [-0.4, -0.2) is 31.1 Å². The van der Waals surface area contributed by atoms with E-state index >= 15 is 0 Å². The number of hydrogen-bond donors (Lipinski definition) is 2. The third-order valence-corrected chi connectivity index (χ3v) is 4.81. The van der Waals surface area contributed by atoms with Crippen molar-refractivity contribution in [1.82, 2.24) is 5.43 Å². The molecule has 0 unspecified atom stereocenters. The number of anilines is 1. The SMILES string of the molecule is COc1ccc(NC(=O)C(=O)N/N=C\c2ccc(OC(=O)c3ccccc3Br)cc2)cc1. The van der Waals surface area contributed by atoms with Gasteiger partial charge in [-0.1, -0.05) is 12.1 Å². The third kappa shape index (κ3) is 6.26. The molecular weight excluding hydrogens is 478 g/mol. The maximum Gasteiger partial charge on any atom is 0.344 e. The Morgan fingerprint density at radius 1 is 0.875 bits per heavy atom. The molecule has 9 heteroatoms. The maximum atomic E-state index is 12.2. The average Bonchev–Trinajstić information content (AvgIpc) is 2.80. The summed E-state index contributed by atoms with van der Waals surface area (Å²) >= 11 is 3.31. The van der Waals surface area contributed by atoms with Crippen LogP contribution >= 0.6 is 15.9 Å². The van der Waals surface area contributed by atoms with E-state index in [1.165, 1.54) is 13.3 Å². The molecule has 3 aromatic rings. The van der Waals surface area contributed by atoms with Gasteiger partial charge in [0.25, 0.3) is 0 Å². The lowest BCUT2D eigenvalue weighted by molar-refractivity contribution is -0.136. The second-order valence-electron chi connectivity index (χ2n) is 6.32. The molecule has 2 N–H and O–H groups in total. The summed E-state index contributed by atoms with van der Waals surface area (Å²) in [6.07, 6.45) is 1.36. The van der Waals surface area contributed by atoms with Gasteiger partial charge in [0.2, 0.25) is 0 Å². The first kappa shape index (κ1) is 22.7. The topological polar surface area (TPSA) is 106 Å². The zero-order valence-electron chi connectivity index (χ0n) is 16.9. The molecule has 3 aromatic carbocycles. The van der Waals surface area contributed by atoms with Crippen molar-refractivity contribution < 1.29 is 23.9 Å². The predicted molar refractivity (Wildman–Crippen MR) is 123 cm³/mol. The largest absolute Gasteiger partial charge is 0.497 e. The lowest BCUT2D eigenvalue weighted by Gasteiger charge is -2.06. The van der Waals surface area contributed by atoms with Crippen LogP contribution in [0.1, 0.15) is 15.9 Å². The number of esters is 1. The first-order valence-corrected chi connectivity index (χ1v) is 10.1. The Labute approximate surface area is 192 Å². The van der Waals surface area contributed by atoms with E-state index in [0.717, 1.165) is 0 Å². The zero-order valence-corrected chi connectivity index (χ0v) is 18.5. The van der Waals surface area contributed by atoms with Crippen LogP contribution in [0.15, 0.2) is 82.4 Å². The molecule has 3 rings (SSSR count). The van der Waals surface area contributed by atoms with Gasteiger partial charge in [-0.15, -0.1) is 0 Å². The lowest BCUT2D eigenvalue weighted by atomic mass is 10.2. The summed E-state index contributed by atoms with van der Waals surface area (Å²) in [7, 11) is 1.53. The number of rotatable bonds is 6. The van der Waals surface area contributed by atoms with Crippen LogP contribution in [0.3, 0.4) is 0 Å². The Hall–Kier alpha value is -3.98. The number of amides is 2. The van der Waals surface area contributed by atoms with Crippen LogP contribution in [0.2, 0.25) is 0 Å². The van der Waals surface area contributed by atoms with Crippen molar-refractivity contribution in [2.75, 3.05) is 12.4 Å². The van der Waals surface area contributed by atoms with E-state index in [-0.39, 0.29) is 0 Å². The number of carbonyl (C=O) groups is 3. The highest BCUT2D eigenvalue weighted by molar-refractivity contribution is 9.10. The van der Waals surface area contributed by atoms with Crippen LogP contribution in [-0.2, 0) is 9.59 Å². The van der Waals surface area contributed by atoms with E-state index in [9.17, 15) is 14.4 Å². The number of carbonyl (C=O) groups excluding carboxylic acids is 3. The Bertz CT molecular complexity index is 1150. The number of halogens is 1. The molecule has 0 spiro atoms. The van der Waals surface area contributed by atoms with Crippen LogP contribution < -0.4 is 20.2 Å². The Kier molecular flexibility index (Phi) is 7.71. The lowest BCUT2D eigenvalue weighted by Crippen LogP contribution is -2.32. The van der Waals surface area contributed by atoms with Gasteiger partial charge in [-0.25, -0.2) is 10.2 Å². The molecule has 0 heterocycles. The van der Waals surface area contributed by atoms with E-state index in [0.29, 0.717) is 32.8 Å². The third-order valence-electron chi connectivity index (χ3n) is 4.12. The van der Waals surface area contributed by atoms with Crippen LogP contribution in [0, 0.1) is 0 Å². The number of nitrogens with one attached hydrogen (secondary N) is 2. The molecule has 0 radical (unpaired) electrons. The monoisotopic (exact) mass is 495 g/mol. The molecule has 0 aromatic heterocycles. The smallest absolute Gasteiger partial charge is 0.344 e. The standard InChI is InChI=1S/C23H18BrN3O5/c1-31-17-12-8-16(9-13-17)26-21(28)22(29)27-25-14-15-6-10-18(11-7-15)32-23(30)19-4-2-3-5-20(19)24/h2-14H,1H3,(H,26,28)(H,27,29)/b25-14-. The molecule has 2 amide bonds. The number of ether oxygens (including phenoxy) is 2. The summed E-state index contributed by atoms with van der Waals surface area (Å²) < 4.78 is 11.0. The van der Waals surface area contributed by atoms with Gasteiger partial charge in [0, 0.05) is 10.2 Å². The number of hydrazone groups is 1. The first-order valence-electron chi connectivity index (χ1n) is 9.31. The van der Waals surface area contributed by atoms with E-state index in [4.69, 9.17) is 9.47 Å². The minimum Gasteiger partial charge on any atom is -0.497 e. The molecule has 0 aliphatic rings. The first-order chi connectivity index (χ1) is 15.5. The molecule has 0 fully saturated rings. The van der Waals surface area contributed by atoms with E-state index in [1.807, 2.05) is 0 Å². The van der Waals surface area contributed by atoms with Crippen molar-refractivity contribution in [2.24, 2.45) is 5.10 Å². The van der Waals surface area contributed by atoms with Crippen molar-refractivity contribution in [2.45, 2.75) is 0 Å². The van der Waals surface area contributed by atoms with Gasteiger partial charge in [-0.3, -0.25) is 9.59 Å².